The Labute approximate surface area is 123 Å². The molecule has 20 heavy (non-hydrogen) atoms. The third-order valence-corrected chi connectivity index (χ3v) is 4.04. The highest BCUT2D eigenvalue weighted by Gasteiger charge is 2.12. The molecule has 2 aromatic rings. The van der Waals surface area contributed by atoms with Gasteiger partial charge in [0, 0.05) is 23.9 Å². The Morgan fingerprint density at radius 3 is 2.80 bits per heavy atom. The predicted molar refractivity (Wildman–Crippen MR) is 85.9 cm³/mol. The van der Waals surface area contributed by atoms with Crippen LogP contribution in [0, 0.1) is 13.8 Å². The van der Waals surface area contributed by atoms with Crippen LogP contribution in [0.2, 0.25) is 0 Å². The van der Waals surface area contributed by atoms with Crippen molar-refractivity contribution in [3.63, 3.8) is 0 Å². The number of aryl methyl sites for hydroxylation is 1. The quantitative estimate of drug-likeness (QED) is 0.917. The van der Waals surface area contributed by atoms with Crippen LogP contribution < -0.4 is 5.73 Å². The lowest BCUT2D eigenvalue weighted by Gasteiger charge is -2.17. The van der Waals surface area contributed by atoms with Crippen LogP contribution in [-0.2, 0) is 4.74 Å². The second-order valence-electron chi connectivity index (χ2n) is 4.94. The van der Waals surface area contributed by atoms with Crippen LogP contribution in [0.15, 0.2) is 11.4 Å². The number of hydrogen-bond donors (Lipinski definition) is 1. The molecule has 2 aromatic heterocycles. The molecule has 0 aliphatic carbocycles. The maximum atomic E-state index is 5.63. The molecule has 4 nitrogen and oxygen atoms in total. The Kier molecular flexibility index (Phi) is 4.62. The van der Waals surface area contributed by atoms with Gasteiger partial charge in [0.1, 0.15) is 0 Å². The molecule has 0 saturated carbocycles. The number of methoxy groups -OCH3 is 1. The van der Waals surface area contributed by atoms with Gasteiger partial charge in [0.25, 0.3) is 0 Å². The molecule has 0 bridgehead atoms. The van der Waals surface area contributed by atoms with E-state index in [2.05, 4.69) is 42.5 Å². The van der Waals surface area contributed by atoms with Gasteiger partial charge in [-0.1, -0.05) is 6.08 Å². The lowest BCUT2D eigenvalue weighted by molar-refractivity contribution is 0.161. The minimum atomic E-state index is 0.331. The average molecular weight is 291 g/mol. The Hall–Kier alpha value is -1.59. The standard InChI is InChI=1S/C15H21N3OS/c1-10-7-13(5-6-14-9-20-15(16)17-14)12(3)18(10)11(2)8-19-4/h5-7,9,11H,8H2,1-4H3,(H2,16,17)/b6-5+. The van der Waals surface area contributed by atoms with E-state index >= 15 is 0 Å². The number of nitrogens with zero attached hydrogens (tertiary/aromatic N) is 2. The summed E-state index contributed by atoms with van der Waals surface area (Å²) in [6.07, 6.45) is 4.09. The van der Waals surface area contributed by atoms with Crippen LogP contribution in [0.4, 0.5) is 5.13 Å². The van der Waals surface area contributed by atoms with Crippen molar-refractivity contribution >= 4 is 28.6 Å². The first-order chi connectivity index (χ1) is 9.52. The highest BCUT2D eigenvalue weighted by molar-refractivity contribution is 7.13. The van der Waals surface area contributed by atoms with Gasteiger partial charge in [-0.2, -0.15) is 0 Å². The van der Waals surface area contributed by atoms with Crippen LogP contribution in [-0.4, -0.2) is 23.3 Å². The van der Waals surface area contributed by atoms with E-state index in [1.165, 1.54) is 28.3 Å². The zero-order valence-corrected chi connectivity index (χ0v) is 13.2. The Balaban J connectivity index is 2.25. The van der Waals surface area contributed by atoms with E-state index < -0.39 is 0 Å². The van der Waals surface area contributed by atoms with Crippen molar-refractivity contribution in [3.8, 4) is 0 Å². The molecule has 108 valence electrons. The second kappa shape index (κ2) is 6.24. The Morgan fingerprint density at radius 2 is 2.20 bits per heavy atom. The number of aromatic nitrogens is 2. The summed E-state index contributed by atoms with van der Waals surface area (Å²) >= 11 is 1.46. The first kappa shape index (κ1) is 14.8. The summed E-state index contributed by atoms with van der Waals surface area (Å²) in [5.74, 6) is 0. The van der Waals surface area contributed by atoms with Crippen LogP contribution >= 0.6 is 11.3 Å². The molecule has 0 aromatic carbocycles. The molecule has 0 saturated heterocycles. The van der Waals surface area contributed by atoms with Crippen LogP contribution in [0.5, 0.6) is 0 Å². The molecular formula is C15H21N3OS. The highest BCUT2D eigenvalue weighted by atomic mass is 32.1. The van der Waals surface area contributed by atoms with Gasteiger partial charge in [-0.15, -0.1) is 11.3 Å². The maximum absolute atomic E-state index is 5.63. The third kappa shape index (κ3) is 3.11. The lowest BCUT2D eigenvalue weighted by atomic mass is 10.2. The van der Waals surface area contributed by atoms with Gasteiger partial charge in [0.2, 0.25) is 0 Å². The first-order valence-corrected chi connectivity index (χ1v) is 7.47. The molecule has 0 spiro atoms. The van der Waals surface area contributed by atoms with E-state index in [1.54, 1.807) is 7.11 Å². The average Bonchev–Trinajstić information content (AvgIpc) is 2.91. The maximum Gasteiger partial charge on any atom is 0.180 e. The summed E-state index contributed by atoms with van der Waals surface area (Å²) in [4.78, 5) is 4.23. The summed E-state index contributed by atoms with van der Waals surface area (Å²) in [6.45, 7) is 7.13. The molecule has 0 amide bonds. The number of ether oxygens (including phenoxy) is 1. The van der Waals surface area contributed by atoms with E-state index in [9.17, 15) is 0 Å². The normalized spacial score (nSPS) is 13.2. The Morgan fingerprint density at radius 1 is 1.45 bits per heavy atom. The molecule has 2 heterocycles. The summed E-state index contributed by atoms with van der Waals surface area (Å²) < 4.78 is 7.55. The summed E-state index contributed by atoms with van der Waals surface area (Å²) in [5, 5.41) is 2.56. The fourth-order valence-corrected chi connectivity index (χ4v) is 3.05. The predicted octanol–water partition coefficient (Wildman–Crippen LogP) is 3.52. The molecule has 5 heteroatoms. The molecule has 2 rings (SSSR count). The largest absolute Gasteiger partial charge is 0.383 e. The molecule has 2 N–H and O–H groups in total. The van der Waals surface area contributed by atoms with E-state index in [-0.39, 0.29) is 0 Å². The molecule has 1 atom stereocenters. The van der Waals surface area contributed by atoms with E-state index in [0.717, 1.165) is 5.69 Å². The zero-order valence-electron chi connectivity index (χ0n) is 12.4. The molecule has 0 fully saturated rings. The number of hydrogen-bond acceptors (Lipinski definition) is 4. The smallest absolute Gasteiger partial charge is 0.180 e. The third-order valence-electron chi connectivity index (χ3n) is 3.35. The molecule has 0 radical (unpaired) electrons. The zero-order chi connectivity index (χ0) is 14.7. The van der Waals surface area contributed by atoms with Gasteiger partial charge in [-0.05, 0) is 38.5 Å². The van der Waals surface area contributed by atoms with E-state index in [1.807, 2.05) is 11.5 Å². The fraction of sp³-hybridized carbons (Fsp3) is 0.400. The number of thiazole rings is 1. The van der Waals surface area contributed by atoms with Crippen molar-refractivity contribution < 1.29 is 4.74 Å². The van der Waals surface area contributed by atoms with Crippen molar-refractivity contribution in [2.75, 3.05) is 19.5 Å². The van der Waals surface area contributed by atoms with E-state index in [0.29, 0.717) is 17.8 Å². The van der Waals surface area contributed by atoms with Gasteiger partial charge >= 0.3 is 0 Å². The van der Waals surface area contributed by atoms with Crippen LogP contribution in [0.1, 0.15) is 35.6 Å². The van der Waals surface area contributed by atoms with Crippen molar-refractivity contribution in [2.45, 2.75) is 26.8 Å². The van der Waals surface area contributed by atoms with Crippen molar-refractivity contribution in [1.82, 2.24) is 9.55 Å². The monoisotopic (exact) mass is 291 g/mol. The fourth-order valence-electron chi connectivity index (χ4n) is 2.52. The number of nitrogens with two attached hydrogens (primary N) is 1. The summed E-state index contributed by atoms with van der Waals surface area (Å²) in [7, 11) is 1.73. The minimum absolute atomic E-state index is 0.331. The van der Waals surface area contributed by atoms with Gasteiger partial charge in [-0.3, -0.25) is 0 Å². The van der Waals surface area contributed by atoms with Gasteiger partial charge in [-0.25, -0.2) is 4.98 Å². The number of anilines is 1. The van der Waals surface area contributed by atoms with Gasteiger partial charge in [0.05, 0.1) is 18.3 Å². The van der Waals surface area contributed by atoms with Crippen molar-refractivity contribution in [1.29, 1.82) is 0 Å². The highest BCUT2D eigenvalue weighted by Crippen LogP contribution is 2.23. The SMILES string of the molecule is COCC(C)n1c(C)cc(/C=C/c2csc(N)n2)c1C. The molecular weight excluding hydrogens is 270 g/mol. The summed E-state index contributed by atoms with van der Waals surface area (Å²) in [5.41, 5.74) is 10.2. The van der Waals surface area contributed by atoms with E-state index in [4.69, 9.17) is 10.5 Å². The Bertz CT molecular complexity index is 613. The lowest BCUT2D eigenvalue weighted by Crippen LogP contribution is -2.13. The van der Waals surface area contributed by atoms with Gasteiger partial charge in [0.15, 0.2) is 5.13 Å². The number of rotatable bonds is 5. The number of nitrogen functional groups attached to an aromatic ring is 1. The minimum Gasteiger partial charge on any atom is -0.383 e. The summed E-state index contributed by atoms with van der Waals surface area (Å²) in [6, 6.07) is 2.52. The van der Waals surface area contributed by atoms with Gasteiger partial charge < -0.3 is 15.0 Å². The molecule has 0 aliphatic rings. The van der Waals surface area contributed by atoms with Crippen LogP contribution in [0.3, 0.4) is 0 Å². The topological polar surface area (TPSA) is 53.1 Å². The first-order valence-electron chi connectivity index (χ1n) is 6.59. The van der Waals surface area contributed by atoms with Crippen molar-refractivity contribution in [2.24, 2.45) is 0 Å². The second-order valence-corrected chi connectivity index (χ2v) is 5.83. The van der Waals surface area contributed by atoms with Crippen molar-refractivity contribution in [3.05, 3.63) is 34.1 Å². The van der Waals surface area contributed by atoms with Crippen LogP contribution in [0.25, 0.3) is 12.2 Å². The molecule has 1 unspecified atom stereocenters. The molecule has 0 aliphatic heterocycles.